The Balaban J connectivity index is 1.98. The van der Waals surface area contributed by atoms with Gasteiger partial charge in [0.1, 0.15) is 0 Å². The molecule has 0 aromatic heterocycles. The first-order valence-electron chi connectivity index (χ1n) is 6.08. The number of anilines is 1. The molecule has 1 aromatic carbocycles. The van der Waals surface area contributed by atoms with E-state index < -0.39 is 23.4 Å². The van der Waals surface area contributed by atoms with E-state index in [0.717, 1.165) is 0 Å². The zero-order valence-corrected chi connectivity index (χ0v) is 12.9. The highest BCUT2D eigenvalue weighted by atomic mass is 35.5. The third kappa shape index (κ3) is 3.51. The van der Waals surface area contributed by atoms with E-state index in [1.165, 1.54) is 12.1 Å². The first-order chi connectivity index (χ1) is 9.63. The third-order valence-corrected chi connectivity index (χ3v) is 3.86. The zero-order valence-electron chi connectivity index (χ0n) is 11.4. The molecule has 2 amide bonds. The average Bonchev–Trinajstić information content (AvgIpc) is 2.74. The number of hydrogen-bond acceptors (Lipinski definition) is 4. The largest absolute Gasteiger partial charge is 0.439 e. The van der Waals surface area contributed by atoms with Crippen molar-refractivity contribution in [2.75, 3.05) is 5.32 Å². The molecular weight excluding hydrogens is 319 g/mol. The molecule has 0 saturated heterocycles. The van der Waals surface area contributed by atoms with Gasteiger partial charge in [-0.1, -0.05) is 23.2 Å². The smallest absolute Gasteiger partial charge is 0.412 e. The van der Waals surface area contributed by atoms with Crippen LogP contribution in [0.15, 0.2) is 18.2 Å². The van der Waals surface area contributed by atoms with Gasteiger partial charge < -0.3 is 15.2 Å². The maximum Gasteiger partial charge on any atom is 0.412 e. The SMILES string of the molecule is CC1(OC(N)=O)CC1(C)OC(=O)Nc1cc(Cl)cc(Cl)c1. The van der Waals surface area contributed by atoms with Crippen LogP contribution in [-0.4, -0.2) is 23.4 Å². The summed E-state index contributed by atoms with van der Waals surface area (Å²) in [6.45, 7) is 3.29. The number of ether oxygens (including phenoxy) is 2. The molecule has 1 aliphatic rings. The summed E-state index contributed by atoms with van der Waals surface area (Å²) in [4.78, 5) is 22.7. The number of hydrogen-bond donors (Lipinski definition) is 2. The first-order valence-corrected chi connectivity index (χ1v) is 6.84. The molecule has 0 heterocycles. The Morgan fingerprint density at radius 1 is 1.14 bits per heavy atom. The summed E-state index contributed by atoms with van der Waals surface area (Å²) in [5.74, 6) is 0. The summed E-state index contributed by atoms with van der Waals surface area (Å²) in [6.07, 6.45) is -1.24. The Bertz CT molecular complexity index is 590. The fraction of sp³-hybridized carbons (Fsp3) is 0.385. The first kappa shape index (κ1) is 15.7. The van der Waals surface area contributed by atoms with Gasteiger partial charge in [-0.2, -0.15) is 0 Å². The van der Waals surface area contributed by atoms with Crippen molar-refractivity contribution in [1.29, 1.82) is 0 Å². The number of nitrogens with one attached hydrogen (secondary N) is 1. The summed E-state index contributed by atoms with van der Waals surface area (Å²) >= 11 is 11.7. The molecule has 0 spiro atoms. The van der Waals surface area contributed by atoms with Crippen LogP contribution in [-0.2, 0) is 9.47 Å². The molecule has 3 N–H and O–H groups in total. The molecule has 2 atom stereocenters. The number of primary amides is 1. The zero-order chi connectivity index (χ0) is 15.8. The van der Waals surface area contributed by atoms with Gasteiger partial charge in [0.05, 0.1) is 0 Å². The van der Waals surface area contributed by atoms with E-state index in [1.807, 2.05) is 0 Å². The van der Waals surface area contributed by atoms with Gasteiger partial charge in [0.15, 0.2) is 11.2 Å². The molecule has 1 fully saturated rings. The lowest BCUT2D eigenvalue weighted by Gasteiger charge is -2.19. The topological polar surface area (TPSA) is 90.7 Å². The summed E-state index contributed by atoms with van der Waals surface area (Å²) in [7, 11) is 0. The molecule has 1 aromatic rings. The Kier molecular flexibility index (Phi) is 3.95. The van der Waals surface area contributed by atoms with Crippen LogP contribution in [0.1, 0.15) is 20.3 Å². The minimum atomic E-state index is -0.922. The Morgan fingerprint density at radius 3 is 2.19 bits per heavy atom. The highest BCUT2D eigenvalue weighted by Gasteiger charge is 2.68. The van der Waals surface area contributed by atoms with Crippen molar-refractivity contribution < 1.29 is 19.1 Å². The van der Waals surface area contributed by atoms with Crippen molar-refractivity contribution in [3.8, 4) is 0 Å². The van der Waals surface area contributed by atoms with Crippen LogP contribution in [0.2, 0.25) is 10.0 Å². The van der Waals surface area contributed by atoms with E-state index in [1.54, 1.807) is 19.9 Å². The van der Waals surface area contributed by atoms with Crippen molar-refractivity contribution in [2.24, 2.45) is 5.73 Å². The van der Waals surface area contributed by atoms with E-state index in [2.05, 4.69) is 5.32 Å². The third-order valence-electron chi connectivity index (χ3n) is 3.42. The highest BCUT2D eigenvalue weighted by molar-refractivity contribution is 6.35. The van der Waals surface area contributed by atoms with Crippen LogP contribution in [0.25, 0.3) is 0 Å². The van der Waals surface area contributed by atoms with Crippen LogP contribution in [0.3, 0.4) is 0 Å². The van der Waals surface area contributed by atoms with Gasteiger partial charge in [-0.3, -0.25) is 5.32 Å². The van der Waals surface area contributed by atoms with Gasteiger partial charge in [0, 0.05) is 22.2 Å². The Labute approximate surface area is 131 Å². The maximum absolute atomic E-state index is 11.9. The fourth-order valence-electron chi connectivity index (χ4n) is 2.08. The van der Waals surface area contributed by atoms with E-state index in [4.69, 9.17) is 38.4 Å². The molecule has 1 aliphatic carbocycles. The van der Waals surface area contributed by atoms with Crippen molar-refractivity contribution >= 4 is 41.1 Å². The predicted octanol–water partition coefficient (Wildman–Crippen LogP) is 3.56. The Hall–Kier alpha value is -1.66. The van der Waals surface area contributed by atoms with Gasteiger partial charge in [-0.25, -0.2) is 9.59 Å². The normalized spacial score (nSPS) is 26.9. The molecular formula is C13H14Cl2N2O4. The van der Waals surface area contributed by atoms with Gasteiger partial charge in [0.2, 0.25) is 0 Å². The second-order valence-electron chi connectivity index (χ2n) is 5.23. The number of benzene rings is 1. The molecule has 0 aliphatic heterocycles. The standard InChI is InChI=1S/C13H14Cl2N2O4/c1-12(20-10(16)18)6-13(12,2)21-11(19)17-9-4-7(14)3-8(15)5-9/h3-5H,6H2,1-2H3,(H2,16,18)(H,17,19). The molecule has 8 heteroatoms. The summed E-state index contributed by atoms with van der Waals surface area (Å²) in [5.41, 5.74) is 3.55. The molecule has 2 rings (SSSR count). The molecule has 6 nitrogen and oxygen atoms in total. The maximum atomic E-state index is 11.9. The van der Waals surface area contributed by atoms with E-state index in [-0.39, 0.29) is 0 Å². The van der Waals surface area contributed by atoms with Crippen molar-refractivity contribution in [1.82, 2.24) is 0 Å². The van der Waals surface area contributed by atoms with Crippen molar-refractivity contribution in [3.05, 3.63) is 28.2 Å². The lowest BCUT2D eigenvalue weighted by Crippen LogP contribution is -2.33. The summed E-state index contributed by atoms with van der Waals surface area (Å²) in [5, 5.41) is 3.28. The van der Waals surface area contributed by atoms with Crippen LogP contribution >= 0.6 is 23.2 Å². The number of amides is 2. The minimum absolute atomic E-state index is 0.368. The number of nitrogens with two attached hydrogens (primary N) is 1. The molecule has 1 saturated carbocycles. The number of carbonyl (C=O) groups excluding carboxylic acids is 2. The van der Waals surface area contributed by atoms with Gasteiger partial charge in [-0.05, 0) is 32.0 Å². The highest BCUT2D eigenvalue weighted by Crippen LogP contribution is 2.53. The molecule has 114 valence electrons. The minimum Gasteiger partial charge on any atom is -0.439 e. The monoisotopic (exact) mass is 332 g/mol. The number of carbonyl (C=O) groups is 2. The van der Waals surface area contributed by atoms with Gasteiger partial charge in [0.25, 0.3) is 0 Å². The second kappa shape index (κ2) is 5.27. The average molecular weight is 333 g/mol. The summed E-state index contributed by atoms with van der Waals surface area (Å²) < 4.78 is 10.2. The number of rotatable bonds is 3. The van der Waals surface area contributed by atoms with Crippen molar-refractivity contribution in [3.63, 3.8) is 0 Å². The Morgan fingerprint density at radius 2 is 1.67 bits per heavy atom. The van der Waals surface area contributed by atoms with Crippen LogP contribution in [0, 0.1) is 0 Å². The number of halogens is 2. The quantitative estimate of drug-likeness (QED) is 0.885. The fourth-order valence-corrected chi connectivity index (χ4v) is 2.61. The van der Waals surface area contributed by atoms with Crippen LogP contribution < -0.4 is 11.1 Å². The molecule has 21 heavy (non-hydrogen) atoms. The lowest BCUT2D eigenvalue weighted by molar-refractivity contribution is 0.0162. The van der Waals surface area contributed by atoms with E-state index >= 15 is 0 Å². The molecule has 2 unspecified atom stereocenters. The van der Waals surface area contributed by atoms with Crippen molar-refractivity contribution in [2.45, 2.75) is 31.5 Å². The molecule has 0 radical (unpaired) electrons. The summed E-state index contributed by atoms with van der Waals surface area (Å²) in [6, 6.07) is 4.60. The lowest BCUT2D eigenvalue weighted by atomic mass is 10.2. The predicted molar refractivity (Wildman–Crippen MR) is 78.7 cm³/mol. The van der Waals surface area contributed by atoms with E-state index in [0.29, 0.717) is 22.2 Å². The van der Waals surface area contributed by atoms with Crippen LogP contribution in [0.4, 0.5) is 15.3 Å². The van der Waals surface area contributed by atoms with Gasteiger partial charge >= 0.3 is 12.2 Å². The van der Waals surface area contributed by atoms with Gasteiger partial charge in [-0.15, -0.1) is 0 Å². The molecule has 0 bridgehead atoms. The van der Waals surface area contributed by atoms with E-state index in [9.17, 15) is 9.59 Å². The van der Waals surface area contributed by atoms with Crippen LogP contribution in [0.5, 0.6) is 0 Å². The second-order valence-corrected chi connectivity index (χ2v) is 6.11.